The average molecular weight is 295 g/mol. The maximum Gasteiger partial charge on any atom is 0.262 e. The third-order valence-corrected chi connectivity index (χ3v) is 4.50. The van der Waals surface area contributed by atoms with Crippen molar-refractivity contribution in [2.24, 2.45) is 0 Å². The number of thiophene rings is 1. The van der Waals surface area contributed by atoms with Crippen LogP contribution in [0.5, 0.6) is 0 Å². The minimum Gasteiger partial charge on any atom is -0.385 e. The molecule has 20 heavy (non-hydrogen) atoms. The summed E-state index contributed by atoms with van der Waals surface area (Å²) in [7, 11) is 1.70. The molecule has 0 saturated carbocycles. The quantitative estimate of drug-likeness (QED) is 0.790. The first-order valence-electron chi connectivity index (χ1n) is 6.80. The number of nitrogens with one attached hydrogen (secondary N) is 1. The van der Waals surface area contributed by atoms with E-state index in [1.54, 1.807) is 29.3 Å². The molecule has 0 bridgehead atoms. The molecule has 0 aliphatic heterocycles. The molecule has 5 nitrogen and oxygen atoms in total. The summed E-state index contributed by atoms with van der Waals surface area (Å²) in [6, 6.07) is 0. The van der Waals surface area contributed by atoms with E-state index in [0.29, 0.717) is 6.54 Å². The molecule has 0 amide bonds. The number of aryl methyl sites for hydroxylation is 2. The van der Waals surface area contributed by atoms with Gasteiger partial charge in [-0.15, -0.1) is 11.3 Å². The Morgan fingerprint density at radius 2 is 2.20 bits per heavy atom. The van der Waals surface area contributed by atoms with Crippen molar-refractivity contribution in [1.82, 2.24) is 14.9 Å². The fourth-order valence-electron chi connectivity index (χ4n) is 2.10. The molecule has 0 radical (unpaired) electrons. The average Bonchev–Trinajstić information content (AvgIpc) is 2.72. The van der Waals surface area contributed by atoms with Crippen LogP contribution in [0.2, 0.25) is 0 Å². The number of hydrogen-bond donors (Lipinski definition) is 1. The maximum atomic E-state index is 12.4. The highest BCUT2D eigenvalue weighted by Gasteiger charge is 2.11. The molecule has 0 aromatic carbocycles. The summed E-state index contributed by atoms with van der Waals surface area (Å²) < 4.78 is 6.67. The number of fused-ring (bicyclic) bond motifs is 1. The van der Waals surface area contributed by atoms with E-state index in [-0.39, 0.29) is 5.56 Å². The summed E-state index contributed by atoms with van der Waals surface area (Å²) in [6.45, 7) is 7.08. The first-order chi connectivity index (χ1) is 9.65. The molecule has 0 aliphatic rings. The molecule has 0 aliphatic carbocycles. The molecule has 0 spiro atoms. The van der Waals surface area contributed by atoms with Gasteiger partial charge in [0.1, 0.15) is 4.83 Å². The molecule has 6 heteroatoms. The summed E-state index contributed by atoms with van der Waals surface area (Å²) in [5.41, 5.74) is 1.13. The molecule has 1 N–H and O–H groups in total. The van der Waals surface area contributed by atoms with Gasteiger partial charge in [-0.1, -0.05) is 0 Å². The van der Waals surface area contributed by atoms with Crippen molar-refractivity contribution in [3.8, 4) is 0 Å². The second-order valence-corrected chi connectivity index (χ2v) is 6.01. The lowest BCUT2D eigenvalue weighted by Gasteiger charge is -2.07. The fourth-order valence-corrected chi connectivity index (χ4v) is 3.08. The van der Waals surface area contributed by atoms with Gasteiger partial charge in [0.15, 0.2) is 0 Å². The Bertz CT molecular complexity index is 633. The smallest absolute Gasteiger partial charge is 0.262 e. The van der Waals surface area contributed by atoms with Crippen LogP contribution in [0.25, 0.3) is 10.2 Å². The van der Waals surface area contributed by atoms with Gasteiger partial charge in [-0.25, -0.2) is 4.98 Å². The van der Waals surface area contributed by atoms with E-state index in [2.05, 4.69) is 10.3 Å². The predicted octanol–water partition coefficient (Wildman–Crippen LogP) is 1.70. The van der Waals surface area contributed by atoms with Crippen LogP contribution in [-0.4, -0.2) is 36.4 Å². The van der Waals surface area contributed by atoms with Gasteiger partial charge in [-0.3, -0.25) is 9.36 Å². The lowest BCUT2D eigenvalue weighted by atomic mass is 10.2. The zero-order valence-electron chi connectivity index (χ0n) is 12.2. The highest BCUT2D eigenvalue weighted by atomic mass is 32.1. The Balaban J connectivity index is 2.02. The van der Waals surface area contributed by atoms with Gasteiger partial charge in [0.05, 0.1) is 11.7 Å². The van der Waals surface area contributed by atoms with Gasteiger partial charge in [0.2, 0.25) is 0 Å². The van der Waals surface area contributed by atoms with Crippen LogP contribution in [-0.2, 0) is 11.3 Å². The summed E-state index contributed by atoms with van der Waals surface area (Å²) in [6.07, 6.45) is 2.63. The van der Waals surface area contributed by atoms with Crippen molar-refractivity contribution in [3.05, 3.63) is 27.1 Å². The molecule has 110 valence electrons. The van der Waals surface area contributed by atoms with Crippen molar-refractivity contribution in [2.75, 3.05) is 26.8 Å². The van der Waals surface area contributed by atoms with Gasteiger partial charge < -0.3 is 10.1 Å². The molecule has 2 rings (SSSR count). The van der Waals surface area contributed by atoms with Crippen LogP contribution in [0, 0.1) is 13.8 Å². The molecule has 0 unspecified atom stereocenters. The van der Waals surface area contributed by atoms with Gasteiger partial charge >= 0.3 is 0 Å². The van der Waals surface area contributed by atoms with Crippen LogP contribution in [0.4, 0.5) is 0 Å². The molecule has 0 atom stereocenters. The number of hydrogen-bond acceptors (Lipinski definition) is 5. The Kier molecular flexibility index (Phi) is 5.28. The zero-order valence-corrected chi connectivity index (χ0v) is 13.0. The van der Waals surface area contributed by atoms with E-state index in [0.717, 1.165) is 41.9 Å². The molecule has 0 saturated heterocycles. The van der Waals surface area contributed by atoms with Crippen molar-refractivity contribution < 1.29 is 4.74 Å². The monoisotopic (exact) mass is 295 g/mol. The molecular weight excluding hydrogens is 274 g/mol. The summed E-state index contributed by atoms with van der Waals surface area (Å²) in [5.74, 6) is 0. The standard InChI is InChI=1S/C14H21N3O2S/c1-10-11(2)20-13-12(10)14(18)17(9-16-13)7-6-15-5-4-8-19-3/h9,15H,4-8H2,1-3H3. The van der Waals surface area contributed by atoms with Crippen molar-refractivity contribution in [2.45, 2.75) is 26.8 Å². The number of rotatable bonds is 7. The van der Waals surface area contributed by atoms with Gasteiger partial charge in [0.25, 0.3) is 5.56 Å². The summed E-state index contributed by atoms with van der Waals surface area (Å²) in [4.78, 5) is 18.8. The number of nitrogens with zero attached hydrogens (tertiary/aromatic N) is 2. The largest absolute Gasteiger partial charge is 0.385 e. The Morgan fingerprint density at radius 3 is 2.95 bits per heavy atom. The van der Waals surface area contributed by atoms with Gasteiger partial charge in [-0.05, 0) is 32.4 Å². The van der Waals surface area contributed by atoms with Gasteiger partial charge in [0, 0.05) is 31.7 Å². The van der Waals surface area contributed by atoms with Crippen LogP contribution in [0.15, 0.2) is 11.1 Å². The first-order valence-corrected chi connectivity index (χ1v) is 7.61. The summed E-state index contributed by atoms with van der Waals surface area (Å²) >= 11 is 1.59. The highest BCUT2D eigenvalue weighted by molar-refractivity contribution is 7.18. The minimum atomic E-state index is 0.0653. The molecule has 2 aromatic heterocycles. The van der Waals surface area contributed by atoms with Crippen molar-refractivity contribution >= 4 is 21.6 Å². The van der Waals surface area contributed by atoms with Crippen molar-refractivity contribution in [1.29, 1.82) is 0 Å². The normalized spacial score (nSPS) is 11.3. The minimum absolute atomic E-state index is 0.0653. The maximum absolute atomic E-state index is 12.4. The zero-order chi connectivity index (χ0) is 14.5. The number of ether oxygens (including phenoxy) is 1. The molecular formula is C14H21N3O2S. The third kappa shape index (κ3) is 3.26. The predicted molar refractivity (Wildman–Crippen MR) is 82.7 cm³/mol. The van der Waals surface area contributed by atoms with Crippen LogP contribution < -0.4 is 10.9 Å². The SMILES string of the molecule is COCCCNCCn1cnc2sc(C)c(C)c2c1=O. The van der Waals surface area contributed by atoms with E-state index >= 15 is 0 Å². The first kappa shape index (κ1) is 15.2. The second kappa shape index (κ2) is 6.97. The Morgan fingerprint density at radius 1 is 1.40 bits per heavy atom. The summed E-state index contributed by atoms with van der Waals surface area (Å²) in [5, 5.41) is 4.07. The fraction of sp³-hybridized carbons (Fsp3) is 0.571. The van der Waals surface area contributed by atoms with Crippen LogP contribution >= 0.6 is 11.3 Å². The highest BCUT2D eigenvalue weighted by Crippen LogP contribution is 2.25. The van der Waals surface area contributed by atoms with E-state index in [1.807, 2.05) is 13.8 Å². The Labute approximate surface area is 122 Å². The lowest BCUT2D eigenvalue weighted by molar-refractivity contribution is 0.194. The van der Waals surface area contributed by atoms with E-state index in [4.69, 9.17) is 4.74 Å². The second-order valence-electron chi connectivity index (χ2n) is 4.80. The number of aromatic nitrogens is 2. The van der Waals surface area contributed by atoms with Crippen molar-refractivity contribution in [3.63, 3.8) is 0 Å². The molecule has 2 heterocycles. The van der Waals surface area contributed by atoms with Crippen LogP contribution in [0.1, 0.15) is 16.9 Å². The molecule has 0 fully saturated rings. The third-order valence-electron chi connectivity index (χ3n) is 3.39. The van der Waals surface area contributed by atoms with E-state index < -0.39 is 0 Å². The van der Waals surface area contributed by atoms with E-state index in [1.165, 1.54) is 4.88 Å². The van der Waals surface area contributed by atoms with E-state index in [9.17, 15) is 4.79 Å². The van der Waals surface area contributed by atoms with Gasteiger partial charge in [-0.2, -0.15) is 0 Å². The topological polar surface area (TPSA) is 56.1 Å². The Hall–Kier alpha value is -1.24. The van der Waals surface area contributed by atoms with Crippen LogP contribution in [0.3, 0.4) is 0 Å². The molecule has 2 aromatic rings. The lowest BCUT2D eigenvalue weighted by Crippen LogP contribution is -2.28. The number of methoxy groups -OCH3 is 1.